The van der Waals surface area contributed by atoms with Gasteiger partial charge < -0.3 is 5.73 Å². The molecule has 1 unspecified atom stereocenters. The number of nitrogens with zero attached hydrogens (tertiary/aromatic N) is 2. The van der Waals surface area contributed by atoms with E-state index in [-0.39, 0.29) is 29.1 Å². The molecule has 134 valence electrons. The highest BCUT2D eigenvalue weighted by molar-refractivity contribution is 5.85. The summed E-state index contributed by atoms with van der Waals surface area (Å²) in [5.74, 6) is 0.825. The van der Waals surface area contributed by atoms with Crippen LogP contribution in [-0.2, 0) is 0 Å². The van der Waals surface area contributed by atoms with Gasteiger partial charge in [0.25, 0.3) is 5.69 Å². The molecule has 0 aliphatic carbocycles. The minimum absolute atomic E-state index is 0. The Bertz CT molecular complexity index is 711. The van der Waals surface area contributed by atoms with Crippen LogP contribution in [0.2, 0.25) is 0 Å². The van der Waals surface area contributed by atoms with Gasteiger partial charge in [-0.25, -0.2) is 0 Å². The summed E-state index contributed by atoms with van der Waals surface area (Å²) in [6.07, 6.45) is 0. The lowest BCUT2D eigenvalue weighted by Crippen LogP contribution is -2.26. The fraction of sp³-hybridized carbons (Fsp3) is 0.368. The minimum Gasteiger partial charge on any atom is -0.330 e. The predicted octanol–water partition coefficient (Wildman–Crippen LogP) is 3.75. The Labute approximate surface area is 154 Å². The molecule has 6 heteroatoms. The van der Waals surface area contributed by atoms with Crippen LogP contribution in [0.25, 0.3) is 0 Å². The van der Waals surface area contributed by atoms with Crippen molar-refractivity contribution in [1.29, 1.82) is 0 Å². The number of nitro groups is 1. The molecule has 5 nitrogen and oxygen atoms in total. The maximum Gasteiger partial charge on any atom is 0.269 e. The number of halogens is 1. The second-order valence-corrected chi connectivity index (χ2v) is 6.49. The van der Waals surface area contributed by atoms with Crippen molar-refractivity contribution in [3.05, 3.63) is 75.8 Å². The van der Waals surface area contributed by atoms with Crippen molar-refractivity contribution in [2.75, 3.05) is 19.6 Å². The average Bonchev–Trinajstić information content (AvgIpc) is 3.06. The maximum atomic E-state index is 11.0. The zero-order valence-electron chi connectivity index (χ0n) is 14.2. The molecule has 1 aliphatic heterocycles. The molecule has 3 rings (SSSR count). The van der Waals surface area contributed by atoms with Crippen molar-refractivity contribution >= 4 is 18.1 Å². The van der Waals surface area contributed by atoms with E-state index in [4.69, 9.17) is 5.73 Å². The Balaban J connectivity index is 0.00000225. The Morgan fingerprint density at radius 2 is 1.92 bits per heavy atom. The first-order valence-corrected chi connectivity index (χ1v) is 8.33. The van der Waals surface area contributed by atoms with Gasteiger partial charge in [0.05, 0.1) is 4.92 Å². The lowest BCUT2D eigenvalue weighted by atomic mass is 9.89. The molecule has 0 amide bonds. The highest BCUT2D eigenvalue weighted by atomic mass is 35.5. The number of likely N-dealkylation sites (tertiary alicyclic amines) is 1. The summed E-state index contributed by atoms with van der Waals surface area (Å²) >= 11 is 0. The first-order valence-electron chi connectivity index (χ1n) is 8.33. The molecule has 2 aromatic carbocycles. The quantitative estimate of drug-likeness (QED) is 0.650. The van der Waals surface area contributed by atoms with Gasteiger partial charge in [-0.1, -0.05) is 42.5 Å². The van der Waals surface area contributed by atoms with Crippen LogP contribution in [0.5, 0.6) is 0 Å². The number of benzene rings is 2. The van der Waals surface area contributed by atoms with Gasteiger partial charge >= 0.3 is 0 Å². The van der Waals surface area contributed by atoms with Crippen molar-refractivity contribution in [3.63, 3.8) is 0 Å². The molecule has 3 atom stereocenters. The number of non-ortho nitro benzene ring substituents is 1. The zero-order chi connectivity index (χ0) is 17.1. The molecule has 2 aromatic rings. The molecule has 0 saturated carbocycles. The van der Waals surface area contributed by atoms with Crippen LogP contribution in [0, 0.1) is 16.0 Å². The summed E-state index contributed by atoms with van der Waals surface area (Å²) in [7, 11) is 0. The highest BCUT2D eigenvalue weighted by Crippen LogP contribution is 2.37. The van der Waals surface area contributed by atoms with E-state index in [1.54, 1.807) is 12.1 Å². The van der Waals surface area contributed by atoms with Crippen molar-refractivity contribution in [3.8, 4) is 0 Å². The van der Waals surface area contributed by atoms with Crippen molar-refractivity contribution in [2.24, 2.45) is 11.7 Å². The third kappa shape index (κ3) is 4.18. The van der Waals surface area contributed by atoms with Gasteiger partial charge in [-0.3, -0.25) is 15.0 Å². The Morgan fingerprint density at radius 3 is 2.56 bits per heavy atom. The summed E-state index contributed by atoms with van der Waals surface area (Å²) in [6, 6.07) is 17.6. The molecule has 1 heterocycles. The standard InChI is InChI=1S/C19H23N3O2.ClH/c1-14(16-8-5-9-18(10-16)22(23)24)21-12-17(11-20)19(13-21)15-6-3-2-4-7-15;/h2-10,14,17,19H,11-13,20H2,1H3;1H/t14?,17-,19+;/m1./s1. The number of nitrogens with two attached hydrogens (primary N) is 1. The molecular weight excluding hydrogens is 338 g/mol. The Kier molecular flexibility index (Phi) is 6.53. The lowest BCUT2D eigenvalue weighted by molar-refractivity contribution is -0.384. The third-order valence-corrected chi connectivity index (χ3v) is 5.11. The molecule has 1 saturated heterocycles. The van der Waals surface area contributed by atoms with E-state index in [0.717, 1.165) is 18.7 Å². The fourth-order valence-electron chi connectivity index (χ4n) is 3.65. The van der Waals surface area contributed by atoms with Crippen LogP contribution < -0.4 is 5.73 Å². The lowest BCUT2D eigenvalue weighted by Gasteiger charge is -2.24. The number of nitro benzene ring substituents is 1. The average molecular weight is 362 g/mol. The zero-order valence-corrected chi connectivity index (χ0v) is 15.1. The van der Waals surface area contributed by atoms with Gasteiger partial charge in [0, 0.05) is 37.2 Å². The monoisotopic (exact) mass is 361 g/mol. The Morgan fingerprint density at radius 1 is 1.20 bits per heavy atom. The van der Waals surface area contributed by atoms with E-state index in [1.807, 2.05) is 12.1 Å². The molecule has 0 bridgehead atoms. The van der Waals surface area contributed by atoms with Gasteiger partial charge in [0.15, 0.2) is 0 Å². The summed E-state index contributed by atoms with van der Waals surface area (Å²) in [6.45, 7) is 4.60. The van der Waals surface area contributed by atoms with E-state index >= 15 is 0 Å². The van der Waals surface area contributed by atoms with Crippen LogP contribution in [0.4, 0.5) is 5.69 Å². The van der Waals surface area contributed by atoms with Crippen LogP contribution in [0.15, 0.2) is 54.6 Å². The smallest absolute Gasteiger partial charge is 0.269 e. The SMILES string of the molecule is CC(c1cccc([N+](=O)[O-])c1)N1C[C@@H](CN)[C@H](c2ccccc2)C1.Cl. The van der Waals surface area contributed by atoms with Crippen LogP contribution >= 0.6 is 12.4 Å². The first kappa shape index (κ1) is 19.4. The topological polar surface area (TPSA) is 72.4 Å². The van der Waals surface area contributed by atoms with E-state index < -0.39 is 0 Å². The van der Waals surface area contributed by atoms with Crippen LogP contribution in [0.1, 0.15) is 30.0 Å². The van der Waals surface area contributed by atoms with Crippen molar-refractivity contribution in [2.45, 2.75) is 18.9 Å². The second-order valence-electron chi connectivity index (χ2n) is 6.49. The van der Waals surface area contributed by atoms with Crippen molar-refractivity contribution < 1.29 is 4.92 Å². The largest absolute Gasteiger partial charge is 0.330 e. The summed E-state index contributed by atoms with van der Waals surface area (Å²) in [5.41, 5.74) is 8.46. The predicted molar refractivity (Wildman–Crippen MR) is 102 cm³/mol. The van der Waals surface area contributed by atoms with E-state index in [0.29, 0.717) is 18.4 Å². The molecule has 1 fully saturated rings. The van der Waals surface area contributed by atoms with Gasteiger partial charge in [-0.2, -0.15) is 0 Å². The summed E-state index contributed by atoms with van der Waals surface area (Å²) < 4.78 is 0. The summed E-state index contributed by atoms with van der Waals surface area (Å²) in [4.78, 5) is 13.1. The van der Waals surface area contributed by atoms with Crippen LogP contribution in [0.3, 0.4) is 0 Å². The number of hydrogen-bond acceptors (Lipinski definition) is 4. The number of rotatable bonds is 5. The molecule has 2 N–H and O–H groups in total. The van der Waals surface area contributed by atoms with Gasteiger partial charge in [-0.15, -0.1) is 12.4 Å². The molecule has 0 aromatic heterocycles. The summed E-state index contributed by atoms with van der Waals surface area (Å²) in [5, 5.41) is 11.0. The third-order valence-electron chi connectivity index (χ3n) is 5.11. The van der Waals surface area contributed by atoms with E-state index in [9.17, 15) is 10.1 Å². The van der Waals surface area contributed by atoms with E-state index in [1.165, 1.54) is 11.6 Å². The van der Waals surface area contributed by atoms with Gasteiger partial charge in [0.2, 0.25) is 0 Å². The normalized spacial score (nSPS) is 21.5. The molecule has 25 heavy (non-hydrogen) atoms. The van der Waals surface area contributed by atoms with E-state index in [2.05, 4.69) is 36.1 Å². The molecule has 1 aliphatic rings. The Hall–Kier alpha value is -1.95. The van der Waals surface area contributed by atoms with Crippen molar-refractivity contribution in [1.82, 2.24) is 4.90 Å². The maximum absolute atomic E-state index is 11.0. The second kappa shape index (κ2) is 8.43. The molecular formula is C19H24ClN3O2. The van der Waals surface area contributed by atoms with Gasteiger partial charge in [-0.05, 0) is 30.5 Å². The molecule has 0 spiro atoms. The highest BCUT2D eigenvalue weighted by Gasteiger charge is 2.35. The fourth-order valence-corrected chi connectivity index (χ4v) is 3.65. The van der Waals surface area contributed by atoms with Crippen LogP contribution in [-0.4, -0.2) is 29.5 Å². The molecule has 0 radical (unpaired) electrons. The number of hydrogen-bond donors (Lipinski definition) is 1. The van der Waals surface area contributed by atoms with Gasteiger partial charge in [0.1, 0.15) is 0 Å². The minimum atomic E-state index is -0.338. The first-order chi connectivity index (χ1) is 11.6.